The van der Waals surface area contributed by atoms with E-state index >= 15 is 0 Å². The van der Waals surface area contributed by atoms with Crippen LogP contribution in [0.1, 0.15) is 5.56 Å². The van der Waals surface area contributed by atoms with Gasteiger partial charge >= 0.3 is 6.09 Å². The lowest BCUT2D eigenvalue weighted by atomic mass is 10.2. The molecule has 0 unspecified atom stereocenters. The molecule has 2 rings (SSSR count). The van der Waals surface area contributed by atoms with Gasteiger partial charge in [-0.1, -0.05) is 30.3 Å². The van der Waals surface area contributed by atoms with Gasteiger partial charge in [-0.3, -0.25) is 0 Å². The Labute approximate surface area is 76.9 Å². The summed E-state index contributed by atoms with van der Waals surface area (Å²) in [7, 11) is 0. The summed E-state index contributed by atoms with van der Waals surface area (Å²) < 4.78 is 5.04. The number of amides is 1. The van der Waals surface area contributed by atoms with Crippen LogP contribution in [0.5, 0.6) is 0 Å². The molecule has 0 atom stereocenters. The molecule has 3 nitrogen and oxygen atoms in total. The molecule has 1 amide bonds. The van der Waals surface area contributed by atoms with Crippen LogP contribution in [0.25, 0.3) is 0 Å². The maximum absolute atomic E-state index is 11.1. The van der Waals surface area contributed by atoms with Gasteiger partial charge in [0, 0.05) is 13.1 Å². The van der Waals surface area contributed by atoms with Crippen LogP contribution in [0.2, 0.25) is 0 Å². The zero-order chi connectivity index (χ0) is 9.10. The summed E-state index contributed by atoms with van der Waals surface area (Å²) in [5.74, 6) is 0. The SMILES string of the molecule is O=C(OCc1ccccc1)N1CC1. The molecule has 1 aliphatic rings. The van der Waals surface area contributed by atoms with Gasteiger partial charge in [0.1, 0.15) is 6.61 Å². The van der Waals surface area contributed by atoms with Crippen molar-refractivity contribution in [3.05, 3.63) is 35.9 Å². The monoisotopic (exact) mass is 177 g/mol. The first-order valence-electron chi connectivity index (χ1n) is 4.32. The molecule has 0 aliphatic carbocycles. The fourth-order valence-corrected chi connectivity index (χ4v) is 1.04. The van der Waals surface area contributed by atoms with Crippen LogP contribution in [0, 0.1) is 0 Å². The largest absolute Gasteiger partial charge is 0.445 e. The van der Waals surface area contributed by atoms with Crippen LogP contribution in [0.15, 0.2) is 30.3 Å². The van der Waals surface area contributed by atoms with E-state index in [0.29, 0.717) is 6.61 Å². The smallest absolute Gasteiger partial charge is 0.410 e. The third kappa shape index (κ3) is 2.21. The lowest BCUT2D eigenvalue weighted by Crippen LogP contribution is -2.12. The Morgan fingerprint density at radius 2 is 2.00 bits per heavy atom. The molecule has 1 fully saturated rings. The normalized spacial score (nSPS) is 14.0. The molecule has 1 aromatic carbocycles. The maximum Gasteiger partial charge on any atom is 0.410 e. The Morgan fingerprint density at radius 3 is 2.62 bits per heavy atom. The van der Waals surface area contributed by atoms with Crippen molar-refractivity contribution in [2.75, 3.05) is 13.1 Å². The van der Waals surface area contributed by atoms with E-state index in [1.54, 1.807) is 4.90 Å². The van der Waals surface area contributed by atoms with E-state index in [1.165, 1.54) is 0 Å². The number of hydrogen-bond donors (Lipinski definition) is 0. The van der Waals surface area contributed by atoms with Gasteiger partial charge in [-0.05, 0) is 5.56 Å². The van der Waals surface area contributed by atoms with E-state index in [4.69, 9.17) is 4.74 Å². The fourth-order valence-electron chi connectivity index (χ4n) is 1.04. The van der Waals surface area contributed by atoms with Gasteiger partial charge in [-0.25, -0.2) is 4.79 Å². The van der Waals surface area contributed by atoms with Crippen LogP contribution in [0.4, 0.5) is 4.79 Å². The van der Waals surface area contributed by atoms with E-state index in [1.807, 2.05) is 30.3 Å². The summed E-state index contributed by atoms with van der Waals surface area (Å²) in [5, 5.41) is 0. The molecular formula is C10H11NO2. The molecular weight excluding hydrogens is 166 g/mol. The highest BCUT2D eigenvalue weighted by Crippen LogP contribution is 2.08. The minimum Gasteiger partial charge on any atom is -0.445 e. The zero-order valence-corrected chi connectivity index (χ0v) is 7.27. The summed E-state index contributed by atoms with van der Waals surface area (Å²) in [6, 6.07) is 9.68. The second-order valence-corrected chi connectivity index (χ2v) is 3.03. The average Bonchev–Trinajstić information content (AvgIpc) is 2.99. The molecule has 1 aromatic rings. The summed E-state index contributed by atoms with van der Waals surface area (Å²) in [6.07, 6.45) is -0.205. The molecule has 1 heterocycles. The van der Waals surface area contributed by atoms with Crippen LogP contribution in [-0.2, 0) is 11.3 Å². The molecule has 0 saturated carbocycles. The minimum atomic E-state index is -0.205. The lowest BCUT2D eigenvalue weighted by molar-refractivity contribution is 0.125. The quantitative estimate of drug-likeness (QED) is 0.642. The second-order valence-electron chi connectivity index (χ2n) is 3.03. The van der Waals surface area contributed by atoms with Gasteiger partial charge in [-0.15, -0.1) is 0 Å². The predicted octanol–water partition coefficient (Wildman–Crippen LogP) is 1.64. The third-order valence-electron chi connectivity index (χ3n) is 1.91. The van der Waals surface area contributed by atoms with E-state index < -0.39 is 0 Å². The van der Waals surface area contributed by atoms with Crippen molar-refractivity contribution in [3.63, 3.8) is 0 Å². The number of hydrogen-bond acceptors (Lipinski definition) is 2. The average molecular weight is 177 g/mol. The van der Waals surface area contributed by atoms with Crippen LogP contribution in [-0.4, -0.2) is 24.1 Å². The third-order valence-corrected chi connectivity index (χ3v) is 1.91. The highest BCUT2D eigenvalue weighted by Gasteiger charge is 2.25. The molecule has 0 spiro atoms. The van der Waals surface area contributed by atoms with E-state index in [0.717, 1.165) is 18.7 Å². The lowest BCUT2D eigenvalue weighted by Gasteiger charge is -2.04. The van der Waals surface area contributed by atoms with Gasteiger partial charge in [-0.2, -0.15) is 0 Å². The van der Waals surface area contributed by atoms with Crippen molar-refractivity contribution in [2.24, 2.45) is 0 Å². The summed E-state index contributed by atoms with van der Waals surface area (Å²) >= 11 is 0. The van der Waals surface area contributed by atoms with E-state index in [9.17, 15) is 4.79 Å². The zero-order valence-electron chi connectivity index (χ0n) is 7.27. The Hall–Kier alpha value is -1.51. The van der Waals surface area contributed by atoms with Crippen LogP contribution in [0.3, 0.4) is 0 Å². The minimum absolute atomic E-state index is 0.205. The van der Waals surface area contributed by atoms with E-state index in [-0.39, 0.29) is 6.09 Å². The van der Waals surface area contributed by atoms with Crippen molar-refractivity contribution in [1.29, 1.82) is 0 Å². The molecule has 0 N–H and O–H groups in total. The number of ether oxygens (including phenoxy) is 1. The van der Waals surface area contributed by atoms with Crippen molar-refractivity contribution < 1.29 is 9.53 Å². The highest BCUT2D eigenvalue weighted by atomic mass is 16.6. The van der Waals surface area contributed by atoms with Crippen molar-refractivity contribution in [3.8, 4) is 0 Å². The summed E-state index contributed by atoms with van der Waals surface area (Å²) in [4.78, 5) is 12.7. The molecule has 0 aromatic heterocycles. The molecule has 1 aliphatic heterocycles. The van der Waals surface area contributed by atoms with Gasteiger partial charge in [0.2, 0.25) is 0 Å². The van der Waals surface area contributed by atoms with Crippen molar-refractivity contribution in [2.45, 2.75) is 6.61 Å². The van der Waals surface area contributed by atoms with Crippen LogP contribution >= 0.6 is 0 Å². The Bertz CT molecular complexity index is 293. The molecule has 13 heavy (non-hydrogen) atoms. The van der Waals surface area contributed by atoms with E-state index in [2.05, 4.69) is 0 Å². The topological polar surface area (TPSA) is 29.3 Å². The standard InChI is InChI=1S/C10H11NO2/c12-10(11-6-7-11)13-8-9-4-2-1-3-5-9/h1-5H,6-8H2. The first kappa shape index (κ1) is 8.10. The van der Waals surface area contributed by atoms with Crippen molar-refractivity contribution in [1.82, 2.24) is 4.90 Å². The molecule has 68 valence electrons. The van der Waals surface area contributed by atoms with Gasteiger partial charge < -0.3 is 9.64 Å². The number of carbonyl (C=O) groups is 1. The summed E-state index contributed by atoms with van der Waals surface area (Å²) in [6.45, 7) is 2.05. The first-order chi connectivity index (χ1) is 6.36. The highest BCUT2D eigenvalue weighted by molar-refractivity contribution is 5.69. The first-order valence-corrected chi connectivity index (χ1v) is 4.32. The molecule has 0 radical (unpaired) electrons. The number of nitrogens with zero attached hydrogens (tertiary/aromatic N) is 1. The molecule has 0 bridgehead atoms. The van der Waals surface area contributed by atoms with Gasteiger partial charge in [0.05, 0.1) is 0 Å². The number of benzene rings is 1. The van der Waals surface area contributed by atoms with Crippen LogP contribution < -0.4 is 0 Å². The number of carbonyl (C=O) groups excluding carboxylic acids is 1. The molecule has 3 heteroatoms. The predicted molar refractivity (Wildman–Crippen MR) is 48.2 cm³/mol. The second kappa shape index (κ2) is 3.47. The molecule has 1 saturated heterocycles. The Kier molecular flexibility index (Phi) is 2.17. The van der Waals surface area contributed by atoms with Crippen molar-refractivity contribution >= 4 is 6.09 Å². The Morgan fingerprint density at radius 1 is 1.31 bits per heavy atom. The fraction of sp³-hybridized carbons (Fsp3) is 0.300. The van der Waals surface area contributed by atoms with Gasteiger partial charge in [0.25, 0.3) is 0 Å². The van der Waals surface area contributed by atoms with Gasteiger partial charge in [0.15, 0.2) is 0 Å². The Balaban J connectivity index is 1.82. The maximum atomic E-state index is 11.1. The number of rotatable bonds is 2. The summed E-state index contributed by atoms with van der Waals surface area (Å²) in [5.41, 5.74) is 1.03.